The highest BCUT2D eigenvalue weighted by Gasteiger charge is 2.43. The van der Waals surface area contributed by atoms with Crippen LogP contribution in [0, 0.1) is 11.3 Å². The largest absolute Gasteiger partial charge is 0.343 e. The Morgan fingerprint density at radius 3 is 2.58 bits per heavy atom. The zero-order valence-electron chi connectivity index (χ0n) is 12.1. The fraction of sp³-hybridized carbons (Fsp3) is 0.938. The first kappa shape index (κ1) is 13.4. The van der Waals surface area contributed by atoms with Crippen LogP contribution in [0.4, 0.5) is 0 Å². The highest BCUT2D eigenvalue weighted by atomic mass is 16.2. The number of carbonyl (C=O) groups is 1. The van der Waals surface area contributed by atoms with Crippen molar-refractivity contribution in [1.82, 2.24) is 10.2 Å². The lowest BCUT2D eigenvalue weighted by Gasteiger charge is -2.38. The molecule has 0 aromatic rings. The third-order valence-electron chi connectivity index (χ3n) is 5.75. The zero-order chi connectivity index (χ0) is 13.1. The van der Waals surface area contributed by atoms with E-state index in [1.165, 1.54) is 51.5 Å². The molecule has 3 rings (SSSR count). The van der Waals surface area contributed by atoms with Crippen LogP contribution in [-0.4, -0.2) is 37.0 Å². The van der Waals surface area contributed by atoms with Gasteiger partial charge in [0.05, 0.1) is 0 Å². The molecular formula is C16H28N2O. The molecule has 0 radical (unpaired) electrons. The van der Waals surface area contributed by atoms with E-state index in [9.17, 15) is 4.79 Å². The van der Waals surface area contributed by atoms with Crippen molar-refractivity contribution in [2.45, 2.75) is 57.8 Å². The van der Waals surface area contributed by atoms with Crippen LogP contribution in [0.5, 0.6) is 0 Å². The summed E-state index contributed by atoms with van der Waals surface area (Å²) in [5, 5.41) is 3.60. The molecule has 2 saturated heterocycles. The number of hydrogen-bond acceptors (Lipinski definition) is 2. The minimum absolute atomic E-state index is 0.412. The smallest absolute Gasteiger partial charge is 0.222 e. The lowest BCUT2D eigenvalue weighted by Crippen LogP contribution is -2.34. The van der Waals surface area contributed by atoms with Crippen LogP contribution in [-0.2, 0) is 4.79 Å². The van der Waals surface area contributed by atoms with Crippen LogP contribution in [0.2, 0.25) is 0 Å². The summed E-state index contributed by atoms with van der Waals surface area (Å²) in [6.45, 7) is 4.36. The van der Waals surface area contributed by atoms with Gasteiger partial charge in [-0.25, -0.2) is 0 Å². The molecule has 3 nitrogen and oxygen atoms in total. The summed E-state index contributed by atoms with van der Waals surface area (Å²) in [6, 6.07) is 0. The molecule has 1 saturated carbocycles. The highest BCUT2D eigenvalue weighted by molar-refractivity contribution is 5.76. The van der Waals surface area contributed by atoms with Gasteiger partial charge >= 0.3 is 0 Å². The summed E-state index contributed by atoms with van der Waals surface area (Å²) in [5.74, 6) is 1.16. The molecule has 0 bridgehead atoms. The Balaban J connectivity index is 1.52. The third kappa shape index (κ3) is 2.81. The molecule has 3 fully saturated rings. The van der Waals surface area contributed by atoms with Crippen molar-refractivity contribution >= 4 is 5.91 Å². The van der Waals surface area contributed by atoms with Crippen LogP contribution < -0.4 is 5.32 Å². The molecule has 1 spiro atoms. The van der Waals surface area contributed by atoms with Gasteiger partial charge in [0.2, 0.25) is 5.91 Å². The SMILES string of the molecule is O=C(CCC1CNCC12CCCCC2)N1CCCC1. The van der Waals surface area contributed by atoms with E-state index in [0.29, 0.717) is 11.3 Å². The van der Waals surface area contributed by atoms with Crippen LogP contribution in [0.25, 0.3) is 0 Å². The Labute approximate surface area is 117 Å². The van der Waals surface area contributed by atoms with E-state index < -0.39 is 0 Å². The van der Waals surface area contributed by atoms with Crippen LogP contribution in [0.3, 0.4) is 0 Å². The number of nitrogens with one attached hydrogen (secondary N) is 1. The van der Waals surface area contributed by atoms with E-state index >= 15 is 0 Å². The first-order chi connectivity index (χ1) is 9.30. The van der Waals surface area contributed by atoms with Crippen molar-refractivity contribution in [2.24, 2.45) is 11.3 Å². The van der Waals surface area contributed by atoms with E-state index in [1.54, 1.807) is 0 Å². The summed E-state index contributed by atoms with van der Waals surface area (Å²) in [7, 11) is 0. The second-order valence-electron chi connectivity index (χ2n) is 6.88. The van der Waals surface area contributed by atoms with Gasteiger partial charge in [0, 0.05) is 26.1 Å². The molecule has 1 unspecified atom stereocenters. The van der Waals surface area contributed by atoms with Gasteiger partial charge in [-0.05, 0) is 50.0 Å². The lowest BCUT2D eigenvalue weighted by atomic mass is 9.66. The molecule has 3 aliphatic rings. The van der Waals surface area contributed by atoms with Crippen molar-refractivity contribution in [1.29, 1.82) is 0 Å². The van der Waals surface area contributed by atoms with Gasteiger partial charge < -0.3 is 10.2 Å². The number of nitrogens with zero attached hydrogens (tertiary/aromatic N) is 1. The maximum atomic E-state index is 12.2. The Morgan fingerprint density at radius 1 is 1.11 bits per heavy atom. The lowest BCUT2D eigenvalue weighted by molar-refractivity contribution is -0.130. The molecule has 0 aromatic heterocycles. The fourth-order valence-electron chi connectivity index (χ4n) is 4.53. The van der Waals surface area contributed by atoms with E-state index in [4.69, 9.17) is 0 Å². The topological polar surface area (TPSA) is 32.3 Å². The van der Waals surface area contributed by atoms with Crippen molar-refractivity contribution in [3.05, 3.63) is 0 Å². The molecule has 2 heterocycles. The van der Waals surface area contributed by atoms with Gasteiger partial charge in [0.15, 0.2) is 0 Å². The van der Waals surface area contributed by atoms with E-state index in [0.717, 1.165) is 38.4 Å². The zero-order valence-corrected chi connectivity index (χ0v) is 12.1. The van der Waals surface area contributed by atoms with Crippen LogP contribution >= 0.6 is 0 Å². The van der Waals surface area contributed by atoms with E-state index in [-0.39, 0.29) is 0 Å². The number of rotatable bonds is 3. The highest BCUT2D eigenvalue weighted by Crippen LogP contribution is 2.46. The Hall–Kier alpha value is -0.570. The summed E-state index contributed by atoms with van der Waals surface area (Å²) in [5.41, 5.74) is 0.545. The first-order valence-corrected chi connectivity index (χ1v) is 8.29. The molecule has 3 heteroatoms. The second kappa shape index (κ2) is 5.82. The average Bonchev–Trinajstić information content (AvgIpc) is 3.08. The Kier molecular flexibility index (Phi) is 4.11. The predicted octanol–water partition coefficient (Wildman–Crippen LogP) is 2.56. The molecule has 1 aliphatic carbocycles. The Bertz CT molecular complexity index is 317. The summed E-state index contributed by atoms with van der Waals surface area (Å²) in [4.78, 5) is 14.3. The maximum Gasteiger partial charge on any atom is 0.222 e. The number of hydrogen-bond donors (Lipinski definition) is 1. The van der Waals surface area contributed by atoms with Crippen molar-refractivity contribution in [2.75, 3.05) is 26.2 Å². The molecule has 108 valence electrons. The van der Waals surface area contributed by atoms with Crippen molar-refractivity contribution in [3.63, 3.8) is 0 Å². The molecule has 1 N–H and O–H groups in total. The summed E-state index contributed by atoms with van der Waals surface area (Å²) in [6.07, 6.45) is 11.3. The fourth-order valence-corrected chi connectivity index (χ4v) is 4.53. The van der Waals surface area contributed by atoms with Gasteiger partial charge in [-0.3, -0.25) is 4.79 Å². The summed E-state index contributed by atoms with van der Waals surface area (Å²) < 4.78 is 0. The normalized spacial score (nSPS) is 30.1. The molecular weight excluding hydrogens is 236 g/mol. The van der Waals surface area contributed by atoms with Gasteiger partial charge in [-0.2, -0.15) is 0 Å². The molecule has 19 heavy (non-hydrogen) atoms. The van der Waals surface area contributed by atoms with Gasteiger partial charge in [0.25, 0.3) is 0 Å². The van der Waals surface area contributed by atoms with E-state index in [1.807, 2.05) is 0 Å². The van der Waals surface area contributed by atoms with E-state index in [2.05, 4.69) is 10.2 Å². The number of amides is 1. The predicted molar refractivity (Wildman–Crippen MR) is 76.9 cm³/mol. The average molecular weight is 264 g/mol. The molecule has 0 aromatic carbocycles. The molecule has 1 atom stereocenters. The number of likely N-dealkylation sites (tertiary alicyclic amines) is 1. The summed E-state index contributed by atoms with van der Waals surface area (Å²) >= 11 is 0. The standard InChI is InChI=1S/C16H28N2O/c19-15(18-10-4-5-11-18)7-6-14-12-17-13-16(14)8-2-1-3-9-16/h14,17H,1-13H2. The quantitative estimate of drug-likeness (QED) is 0.849. The molecule has 1 amide bonds. The van der Waals surface area contributed by atoms with Crippen LogP contribution in [0.1, 0.15) is 57.8 Å². The van der Waals surface area contributed by atoms with Crippen LogP contribution in [0.15, 0.2) is 0 Å². The van der Waals surface area contributed by atoms with Gasteiger partial charge in [0.1, 0.15) is 0 Å². The monoisotopic (exact) mass is 264 g/mol. The minimum atomic E-state index is 0.412. The molecule has 2 aliphatic heterocycles. The third-order valence-corrected chi connectivity index (χ3v) is 5.75. The van der Waals surface area contributed by atoms with Gasteiger partial charge in [-0.15, -0.1) is 0 Å². The second-order valence-corrected chi connectivity index (χ2v) is 6.88. The minimum Gasteiger partial charge on any atom is -0.343 e. The van der Waals surface area contributed by atoms with Gasteiger partial charge in [-0.1, -0.05) is 19.3 Å². The van der Waals surface area contributed by atoms with Crippen molar-refractivity contribution in [3.8, 4) is 0 Å². The Morgan fingerprint density at radius 2 is 1.84 bits per heavy atom. The number of carbonyl (C=O) groups excluding carboxylic acids is 1. The van der Waals surface area contributed by atoms with Crippen molar-refractivity contribution < 1.29 is 4.79 Å². The first-order valence-electron chi connectivity index (χ1n) is 8.29. The maximum absolute atomic E-state index is 12.2.